The summed E-state index contributed by atoms with van der Waals surface area (Å²) < 4.78 is 5.33. The molecular formula is C13H15Cl3N2O3. The average molecular weight is 354 g/mol. The lowest BCUT2D eigenvalue weighted by molar-refractivity contribution is -0.120. The molecule has 8 heteroatoms. The van der Waals surface area contributed by atoms with Crippen LogP contribution in [-0.2, 0) is 9.53 Å². The summed E-state index contributed by atoms with van der Waals surface area (Å²) >= 11 is 17.9. The molecule has 1 amide bonds. The summed E-state index contributed by atoms with van der Waals surface area (Å²) in [5.41, 5.74) is 0.347. The van der Waals surface area contributed by atoms with Gasteiger partial charge in [0.15, 0.2) is 0 Å². The Bertz CT molecular complexity index is 504. The van der Waals surface area contributed by atoms with Gasteiger partial charge in [-0.25, -0.2) is 0 Å². The number of carbonyl (C=O) groups excluding carboxylic acids is 1. The molecule has 116 valence electrons. The zero-order chi connectivity index (χ0) is 15.4. The Labute approximate surface area is 137 Å². The molecule has 1 aromatic rings. The molecule has 21 heavy (non-hydrogen) atoms. The van der Waals surface area contributed by atoms with Crippen LogP contribution in [0.15, 0.2) is 12.1 Å². The van der Waals surface area contributed by atoms with Gasteiger partial charge in [0.1, 0.15) is 0 Å². The quantitative estimate of drug-likeness (QED) is 0.872. The summed E-state index contributed by atoms with van der Waals surface area (Å²) in [7, 11) is 0. The molecule has 2 rings (SSSR count). The number of hydrogen-bond acceptors (Lipinski definition) is 4. The molecule has 0 radical (unpaired) electrons. The number of ether oxygens (including phenoxy) is 1. The summed E-state index contributed by atoms with van der Waals surface area (Å²) in [6.07, 6.45) is -0.255. The van der Waals surface area contributed by atoms with Crippen LogP contribution in [-0.4, -0.2) is 54.9 Å². The minimum absolute atomic E-state index is 0.0625. The molecule has 0 aromatic heterocycles. The number of benzene rings is 1. The first-order valence-corrected chi connectivity index (χ1v) is 7.52. The van der Waals surface area contributed by atoms with Crippen molar-refractivity contribution in [2.45, 2.75) is 6.10 Å². The SMILES string of the molecule is O=C(CN1CCOC(CO)C1)Nc1c(Cl)cc(Cl)cc1Cl. The average Bonchev–Trinajstić information content (AvgIpc) is 2.43. The number of nitrogens with one attached hydrogen (secondary N) is 1. The lowest BCUT2D eigenvalue weighted by atomic mass is 10.2. The van der Waals surface area contributed by atoms with Crippen LogP contribution in [0.1, 0.15) is 0 Å². The minimum atomic E-state index is -0.255. The first kappa shape index (κ1) is 16.8. The molecule has 0 saturated carbocycles. The van der Waals surface area contributed by atoms with Crippen LogP contribution in [0.2, 0.25) is 15.1 Å². The van der Waals surface area contributed by atoms with Gasteiger partial charge in [-0.15, -0.1) is 0 Å². The second kappa shape index (κ2) is 7.63. The maximum atomic E-state index is 12.1. The van der Waals surface area contributed by atoms with Crippen molar-refractivity contribution >= 4 is 46.4 Å². The molecule has 0 bridgehead atoms. The van der Waals surface area contributed by atoms with E-state index in [-0.39, 0.29) is 35.2 Å². The third-order valence-corrected chi connectivity index (χ3v) is 3.88. The minimum Gasteiger partial charge on any atom is -0.394 e. The molecule has 1 aliphatic heterocycles. The van der Waals surface area contributed by atoms with E-state index in [1.54, 1.807) is 0 Å². The monoisotopic (exact) mass is 352 g/mol. The third kappa shape index (κ3) is 4.71. The van der Waals surface area contributed by atoms with E-state index >= 15 is 0 Å². The largest absolute Gasteiger partial charge is 0.394 e. The summed E-state index contributed by atoms with van der Waals surface area (Å²) in [6.45, 7) is 1.74. The van der Waals surface area contributed by atoms with E-state index in [4.69, 9.17) is 44.6 Å². The van der Waals surface area contributed by atoms with E-state index in [9.17, 15) is 4.79 Å². The van der Waals surface area contributed by atoms with Crippen LogP contribution in [0.3, 0.4) is 0 Å². The van der Waals surface area contributed by atoms with Gasteiger partial charge < -0.3 is 15.2 Å². The molecule has 1 unspecified atom stereocenters. The predicted molar refractivity (Wildman–Crippen MR) is 83.4 cm³/mol. The number of carbonyl (C=O) groups is 1. The molecule has 0 spiro atoms. The van der Waals surface area contributed by atoms with E-state index in [1.165, 1.54) is 12.1 Å². The summed E-state index contributed by atoms with van der Waals surface area (Å²) in [4.78, 5) is 14.0. The van der Waals surface area contributed by atoms with E-state index in [0.717, 1.165) is 0 Å². The molecule has 2 N–H and O–H groups in total. The van der Waals surface area contributed by atoms with Gasteiger partial charge in [0.05, 0.1) is 41.6 Å². The zero-order valence-corrected chi connectivity index (χ0v) is 13.4. The number of amides is 1. The van der Waals surface area contributed by atoms with Crippen LogP contribution in [0.4, 0.5) is 5.69 Å². The van der Waals surface area contributed by atoms with Gasteiger partial charge in [0, 0.05) is 18.1 Å². The number of anilines is 1. The molecular weight excluding hydrogens is 339 g/mol. The molecule has 1 saturated heterocycles. The Morgan fingerprint density at radius 1 is 1.38 bits per heavy atom. The molecule has 1 heterocycles. The normalized spacial score (nSPS) is 19.5. The van der Waals surface area contributed by atoms with Crippen molar-refractivity contribution < 1.29 is 14.6 Å². The Kier molecular flexibility index (Phi) is 6.10. The van der Waals surface area contributed by atoms with Crippen LogP contribution in [0.5, 0.6) is 0 Å². The summed E-state index contributed by atoms with van der Waals surface area (Å²) in [6, 6.07) is 3.03. The Hall–Kier alpha value is -0.560. The zero-order valence-electron chi connectivity index (χ0n) is 11.1. The highest BCUT2D eigenvalue weighted by Crippen LogP contribution is 2.33. The number of morpholine rings is 1. The van der Waals surface area contributed by atoms with Gasteiger partial charge in [-0.05, 0) is 12.1 Å². The molecule has 0 aliphatic carbocycles. The van der Waals surface area contributed by atoms with E-state index in [0.29, 0.717) is 30.4 Å². The standard InChI is InChI=1S/C13H15Cl3N2O3/c14-8-3-10(15)13(11(16)4-8)17-12(20)6-18-1-2-21-9(5-18)7-19/h3-4,9,19H,1-2,5-7H2,(H,17,20). The van der Waals surface area contributed by atoms with E-state index in [1.807, 2.05) is 4.90 Å². The van der Waals surface area contributed by atoms with Crippen LogP contribution >= 0.6 is 34.8 Å². The molecule has 1 fully saturated rings. The van der Waals surface area contributed by atoms with Crippen LogP contribution in [0.25, 0.3) is 0 Å². The highest BCUT2D eigenvalue weighted by Gasteiger charge is 2.22. The smallest absolute Gasteiger partial charge is 0.238 e. The van der Waals surface area contributed by atoms with Crippen LogP contribution in [0, 0.1) is 0 Å². The van der Waals surface area contributed by atoms with Crippen molar-refractivity contribution in [2.75, 3.05) is 38.2 Å². The Balaban J connectivity index is 1.96. The van der Waals surface area contributed by atoms with Crippen molar-refractivity contribution in [1.29, 1.82) is 0 Å². The fraction of sp³-hybridized carbons (Fsp3) is 0.462. The van der Waals surface area contributed by atoms with Gasteiger partial charge in [-0.2, -0.15) is 0 Å². The van der Waals surface area contributed by atoms with Gasteiger partial charge in [0.25, 0.3) is 0 Å². The van der Waals surface area contributed by atoms with Crippen molar-refractivity contribution in [2.24, 2.45) is 0 Å². The summed E-state index contributed by atoms with van der Waals surface area (Å²) in [5, 5.41) is 12.7. The number of nitrogens with zero attached hydrogens (tertiary/aromatic N) is 1. The third-order valence-electron chi connectivity index (χ3n) is 3.07. The lowest BCUT2D eigenvalue weighted by Crippen LogP contribution is -2.46. The number of aliphatic hydroxyl groups is 1. The molecule has 1 aliphatic rings. The van der Waals surface area contributed by atoms with Gasteiger partial charge >= 0.3 is 0 Å². The molecule has 1 aromatic carbocycles. The predicted octanol–water partition coefficient (Wildman–Crippen LogP) is 2.28. The maximum Gasteiger partial charge on any atom is 0.238 e. The fourth-order valence-corrected chi connectivity index (χ4v) is 2.99. The van der Waals surface area contributed by atoms with Crippen molar-refractivity contribution in [1.82, 2.24) is 4.90 Å². The topological polar surface area (TPSA) is 61.8 Å². The van der Waals surface area contributed by atoms with Gasteiger partial charge in [-0.1, -0.05) is 34.8 Å². The lowest BCUT2D eigenvalue weighted by Gasteiger charge is -2.31. The number of hydrogen-bond donors (Lipinski definition) is 2. The fourth-order valence-electron chi connectivity index (χ4n) is 2.08. The van der Waals surface area contributed by atoms with Gasteiger partial charge in [0.2, 0.25) is 5.91 Å². The number of halogens is 3. The first-order chi connectivity index (χ1) is 9.99. The van der Waals surface area contributed by atoms with E-state index < -0.39 is 0 Å². The number of aliphatic hydroxyl groups excluding tert-OH is 1. The highest BCUT2D eigenvalue weighted by atomic mass is 35.5. The van der Waals surface area contributed by atoms with E-state index in [2.05, 4.69) is 5.32 Å². The second-order valence-corrected chi connectivity index (χ2v) is 5.95. The number of rotatable bonds is 4. The molecule has 1 atom stereocenters. The summed E-state index contributed by atoms with van der Waals surface area (Å²) in [5.74, 6) is -0.236. The van der Waals surface area contributed by atoms with Crippen molar-refractivity contribution in [3.63, 3.8) is 0 Å². The van der Waals surface area contributed by atoms with Crippen molar-refractivity contribution in [3.05, 3.63) is 27.2 Å². The van der Waals surface area contributed by atoms with Crippen LogP contribution < -0.4 is 5.32 Å². The first-order valence-electron chi connectivity index (χ1n) is 6.39. The maximum absolute atomic E-state index is 12.1. The highest BCUT2D eigenvalue weighted by molar-refractivity contribution is 6.42. The Morgan fingerprint density at radius 3 is 2.67 bits per heavy atom. The molecule has 5 nitrogen and oxygen atoms in total. The Morgan fingerprint density at radius 2 is 2.05 bits per heavy atom. The van der Waals surface area contributed by atoms with Crippen molar-refractivity contribution in [3.8, 4) is 0 Å². The van der Waals surface area contributed by atoms with Gasteiger partial charge in [-0.3, -0.25) is 9.69 Å². The second-order valence-electron chi connectivity index (χ2n) is 4.70.